The molecule has 20 heavy (non-hydrogen) atoms. The number of aryl methyl sites for hydroxylation is 1. The van der Waals surface area contributed by atoms with Gasteiger partial charge < -0.3 is 5.73 Å². The van der Waals surface area contributed by atoms with Crippen LogP contribution in [0.1, 0.15) is 5.56 Å². The average molecular weight is 376 g/mol. The van der Waals surface area contributed by atoms with Gasteiger partial charge in [-0.15, -0.1) is 0 Å². The van der Waals surface area contributed by atoms with E-state index in [4.69, 9.17) is 17.3 Å². The third-order valence-corrected chi connectivity index (χ3v) is 5.28. The number of nitrogens with one attached hydrogen (secondary N) is 1. The van der Waals surface area contributed by atoms with E-state index in [9.17, 15) is 8.42 Å². The number of nitrogen functional groups attached to an aromatic ring is 1. The SMILES string of the molecule is Cc1ccc(N)cc1NS(=O)(=O)c1ccc(Cl)c(Br)c1. The van der Waals surface area contributed by atoms with Crippen LogP contribution in [0, 0.1) is 6.92 Å². The van der Waals surface area contributed by atoms with Crippen LogP contribution in [-0.4, -0.2) is 8.42 Å². The number of sulfonamides is 1. The maximum atomic E-state index is 12.3. The van der Waals surface area contributed by atoms with E-state index >= 15 is 0 Å². The molecule has 0 heterocycles. The molecule has 0 radical (unpaired) electrons. The predicted octanol–water partition coefficient (Wildman–Crippen LogP) is 3.79. The van der Waals surface area contributed by atoms with E-state index in [1.807, 2.05) is 0 Å². The van der Waals surface area contributed by atoms with Crippen molar-refractivity contribution in [3.8, 4) is 0 Å². The summed E-state index contributed by atoms with van der Waals surface area (Å²) in [7, 11) is -3.69. The van der Waals surface area contributed by atoms with Crippen molar-refractivity contribution in [2.75, 3.05) is 10.5 Å². The van der Waals surface area contributed by atoms with Gasteiger partial charge in [0, 0.05) is 10.2 Å². The van der Waals surface area contributed by atoms with Crippen molar-refractivity contribution in [3.05, 3.63) is 51.5 Å². The Morgan fingerprint density at radius 2 is 1.90 bits per heavy atom. The zero-order valence-corrected chi connectivity index (χ0v) is 13.7. The molecule has 2 rings (SSSR count). The Bertz CT molecular complexity index is 763. The van der Waals surface area contributed by atoms with E-state index in [0.29, 0.717) is 20.9 Å². The van der Waals surface area contributed by atoms with E-state index in [-0.39, 0.29) is 4.90 Å². The van der Waals surface area contributed by atoms with Gasteiger partial charge in [-0.1, -0.05) is 17.7 Å². The van der Waals surface area contributed by atoms with Crippen molar-refractivity contribution in [3.63, 3.8) is 0 Å². The summed E-state index contributed by atoms with van der Waals surface area (Å²) in [4.78, 5) is 0.121. The summed E-state index contributed by atoms with van der Waals surface area (Å²) < 4.78 is 27.7. The first kappa shape index (κ1) is 15.2. The van der Waals surface area contributed by atoms with Crippen LogP contribution in [0.3, 0.4) is 0 Å². The lowest BCUT2D eigenvalue weighted by atomic mass is 10.2. The van der Waals surface area contributed by atoms with E-state index in [1.165, 1.54) is 18.2 Å². The van der Waals surface area contributed by atoms with Gasteiger partial charge in [0.15, 0.2) is 0 Å². The van der Waals surface area contributed by atoms with Gasteiger partial charge in [-0.25, -0.2) is 8.42 Å². The second-order valence-corrected chi connectivity index (χ2v) is 7.20. The summed E-state index contributed by atoms with van der Waals surface area (Å²) in [5.74, 6) is 0. The monoisotopic (exact) mass is 374 g/mol. The van der Waals surface area contributed by atoms with E-state index in [2.05, 4.69) is 20.7 Å². The fraction of sp³-hybridized carbons (Fsp3) is 0.0769. The lowest BCUT2D eigenvalue weighted by Crippen LogP contribution is -2.14. The second kappa shape index (κ2) is 5.63. The zero-order chi connectivity index (χ0) is 14.9. The molecule has 0 amide bonds. The lowest BCUT2D eigenvalue weighted by Gasteiger charge is -2.11. The van der Waals surface area contributed by atoms with E-state index < -0.39 is 10.0 Å². The van der Waals surface area contributed by atoms with Crippen LogP contribution >= 0.6 is 27.5 Å². The molecule has 4 nitrogen and oxygen atoms in total. The zero-order valence-electron chi connectivity index (χ0n) is 10.5. The largest absolute Gasteiger partial charge is 0.399 e. The summed E-state index contributed by atoms with van der Waals surface area (Å²) in [6.45, 7) is 1.80. The lowest BCUT2D eigenvalue weighted by molar-refractivity contribution is 0.601. The molecule has 106 valence electrons. The molecule has 0 aliphatic carbocycles. The first-order valence-electron chi connectivity index (χ1n) is 5.63. The summed E-state index contributed by atoms with van der Waals surface area (Å²) in [6, 6.07) is 9.46. The van der Waals surface area contributed by atoms with Gasteiger partial charge in [-0.05, 0) is 58.7 Å². The summed E-state index contributed by atoms with van der Waals surface area (Å²) in [5, 5.41) is 0.448. The number of hydrogen-bond acceptors (Lipinski definition) is 3. The van der Waals surface area contributed by atoms with Gasteiger partial charge in [-0.2, -0.15) is 0 Å². The third-order valence-electron chi connectivity index (χ3n) is 2.71. The predicted molar refractivity (Wildman–Crippen MR) is 85.6 cm³/mol. The molecule has 2 aromatic rings. The van der Waals surface area contributed by atoms with E-state index in [0.717, 1.165) is 5.56 Å². The Morgan fingerprint density at radius 1 is 1.20 bits per heavy atom. The Hall–Kier alpha value is -1.24. The first-order chi connectivity index (χ1) is 9.29. The first-order valence-corrected chi connectivity index (χ1v) is 8.29. The smallest absolute Gasteiger partial charge is 0.261 e. The minimum atomic E-state index is -3.69. The molecule has 2 aromatic carbocycles. The Morgan fingerprint density at radius 3 is 2.55 bits per heavy atom. The highest BCUT2D eigenvalue weighted by molar-refractivity contribution is 9.10. The molecule has 0 spiro atoms. The normalized spacial score (nSPS) is 11.3. The Balaban J connectivity index is 2.40. The number of anilines is 2. The van der Waals surface area contributed by atoms with Crippen molar-refractivity contribution in [1.82, 2.24) is 0 Å². The fourth-order valence-electron chi connectivity index (χ4n) is 1.60. The standard InChI is InChI=1S/C13H12BrClN2O2S/c1-8-2-3-9(16)6-13(8)17-20(18,19)10-4-5-12(15)11(14)7-10/h2-7,17H,16H2,1H3. The molecule has 0 bridgehead atoms. The number of halogens is 2. The Labute approximate surface area is 131 Å². The van der Waals surface area contributed by atoms with Crippen LogP contribution in [0.2, 0.25) is 5.02 Å². The summed E-state index contributed by atoms with van der Waals surface area (Å²) in [6.07, 6.45) is 0. The van der Waals surface area contributed by atoms with Crippen LogP contribution in [0.25, 0.3) is 0 Å². The number of hydrogen-bond donors (Lipinski definition) is 2. The average Bonchev–Trinajstić information content (AvgIpc) is 2.36. The highest BCUT2D eigenvalue weighted by atomic mass is 79.9. The van der Waals surface area contributed by atoms with Crippen LogP contribution in [0.5, 0.6) is 0 Å². The van der Waals surface area contributed by atoms with Crippen molar-refractivity contribution < 1.29 is 8.42 Å². The van der Waals surface area contributed by atoms with E-state index in [1.54, 1.807) is 25.1 Å². The molecule has 0 aromatic heterocycles. The molecular weight excluding hydrogens is 364 g/mol. The molecule has 0 saturated carbocycles. The van der Waals surface area contributed by atoms with Crippen LogP contribution in [0.4, 0.5) is 11.4 Å². The highest BCUT2D eigenvalue weighted by Gasteiger charge is 2.16. The quantitative estimate of drug-likeness (QED) is 0.802. The molecule has 0 atom stereocenters. The van der Waals surface area contributed by atoms with Crippen molar-refractivity contribution >= 4 is 48.9 Å². The topological polar surface area (TPSA) is 72.2 Å². The van der Waals surface area contributed by atoms with Gasteiger partial charge in [0.25, 0.3) is 10.0 Å². The molecule has 0 aliphatic rings. The second-order valence-electron chi connectivity index (χ2n) is 4.26. The summed E-state index contributed by atoms with van der Waals surface area (Å²) >= 11 is 9.06. The maximum Gasteiger partial charge on any atom is 0.261 e. The molecule has 7 heteroatoms. The minimum absolute atomic E-state index is 0.121. The van der Waals surface area contributed by atoms with Crippen LogP contribution in [0.15, 0.2) is 45.8 Å². The van der Waals surface area contributed by atoms with Crippen LogP contribution in [-0.2, 0) is 10.0 Å². The van der Waals surface area contributed by atoms with Crippen molar-refractivity contribution in [2.24, 2.45) is 0 Å². The third kappa shape index (κ3) is 3.26. The van der Waals surface area contributed by atoms with Crippen molar-refractivity contribution in [1.29, 1.82) is 0 Å². The molecule has 3 N–H and O–H groups in total. The molecule has 0 unspecified atom stereocenters. The van der Waals surface area contributed by atoms with Crippen LogP contribution < -0.4 is 10.5 Å². The summed E-state index contributed by atoms with van der Waals surface area (Å²) in [5.41, 5.74) is 7.40. The number of rotatable bonds is 3. The van der Waals surface area contributed by atoms with Crippen molar-refractivity contribution in [2.45, 2.75) is 11.8 Å². The molecule has 0 fully saturated rings. The highest BCUT2D eigenvalue weighted by Crippen LogP contribution is 2.27. The molecule has 0 aliphatic heterocycles. The van der Waals surface area contributed by atoms with Gasteiger partial charge in [-0.3, -0.25) is 4.72 Å². The maximum absolute atomic E-state index is 12.3. The van der Waals surface area contributed by atoms with Gasteiger partial charge in [0.2, 0.25) is 0 Å². The molecule has 0 saturated heterocycles. The van der Waals surface area contributed by atoms with Gasteiger partial charge in [0.1, 0.15) is 0 Å². The molecular formula is C13H12BrClN2O2S. The fourth-order valence-corrected chi connectivity index (χ4v) is 3.39. The Kier molecular flexibility index (Phi) is 4.27. The number of benzene rings is 2. The van der Waals surface area contributed by atoms with Gasteiger partial charge in [0.05, 0.1) is 15.6 Å². The minimum Gasteiger partial charge on any atom is -0.399 e. The van der Waals surface area contributed by atoms with Gasteiger partial charge >= 0.3 is 0 Å². The number of nitrogens with two attached hydrogens (primary N) is 1.